The van der Waals surface area contributed by atoms with Crippen LogP contribution in [0.4, 0.5) is 5.69 Å². The first kappa shape index (κ1) is 23.9. The topological polar surface area (TPSA) is 69.6 Å². The number of amides is 1. The highest BCUT2D eigenvalue weighted by Gasteiger charge is 2.55. The molecule has 1 aromatic heterocycles. The second kappa shape index (κ2) is 9.47. The van der Waals surface area contributed by atoms with E-state index in [0.717, 1.165) is 15.5 Å². The third kappa shape index (κ3) is 4.03. The van der Waals surface area contributed by atoms with Crippen LogP contribution < -0.4 is 19.7 Å². The van der Waals surface area contributed by atoms with Gasteiger partial charge in [-0.25, -0.2) is 0 Å². The molecule has 2 heterocycles. The van der Waals surface area contributed by atoms with Gasteiger partial charge in [0.25, 0.3) is 0 Å². The molecule has 2 saturated carbocycles. The van der Waals surface area contributed by atoms with Gasteiger partial charge in [0.05, 0.1) is 19.2 Å². The number of hydrogen-bond acceptors (Lipinski definition) is 6. The van der Waals surface area contributed by atoms with Crippen LogP contribution in [0.5, 0.6) is 11.5 Å². The lowest BCUT2D eigenvalue weighted by Crippen LogP contribution is -2.34. The molecule has 1 N–H and O–H groups in total. The van der Waals surface area contributed by atoms with Gasteiger partial charge in [0.15, 0.2) is 11.5 Å². The predicted octanol–water partition coefficient (Wildman–Crippen LogP) is 5.87. The molecule has 2 bridgehead atoms. The Morgan fingerprint density at radius 1 is 1.08 bits per heavy atom. The first-order chi connectivity index (χ1) is 17.5. The molecule has 9 heteroatoms. The van der Waals surface area contributed by atoms with Crippen molar-refractivity contribution in [2.45, 2.75) is 42.0 Å². The highest BCUT2D eigenvalue weighted by atomic mass is 35.5. The van der Waals surface area contributed by atoms with Crippen molar-refractivity contribution in [2.24, 2.45) is 17.8 Å². The zero-order valence-electron chi connectivity index (χ0n) is 20.0. The summed E-state index contributed by atoms with van der Waals surface area (Å²) in [6.45, 7) is -0.00950. The Morgan fingerprint density at radius 2 is 1.83 bits per heavy atom. The van der Waals surface area contributed by atoms with Crippen molar-refractivity contribution >= 4 is 46.3 Å². The number of thioether (sulfide) groups is 1. The first-order valence-corrected chi connectivity index (χ1v) is 14.2. The summed E-state index contributed by atoms with van der Waals surface area (Å²) in [6.07, 6.45) is 3.76. The summed E-state index contributed by atoms with van der Waals surface area (Å²) in [6, 6.07) is 13.1. The maximum atomic E-state index is 13.3. The predicted molar refractivity (Wildman–Crippen MR) is 144 cm³/mol. The molecule has 188 valence electrons. The van der Waals surface area contributed by atoms with Crippen LogP contribution in [0.1, 0.15) is 35.6 Å². The minimum atomic E-state index is -0.224. The summed E-state index contributed by atoms with van der Waals surface area (Å²) in [4.78, 5) is 27.2. The second-order valence-electron chi connectivity index (χ2n) is 9.76. The molecule has 2 aliphatic carbocycles. The third-order valence-electron chi connectivity index (χ3n) is 7.89. The molecular weight excluding hydrogens is 516 g/mol. The van der Waals surface area contributed by atoms with Crippen LogP contribution in [0.3, 0.4) is 0 Å². The molecular formula is C27H27ClN2O4S2. The van der Waals surface area contributed by atoms with Crippen LogP contribution in [-0.2, 0) is 11.3 Å². The molecule has 0 spiro atoms. The van der Waals surface area contributed by atoms with Crippen LogP contribution in [0, 0.1) is 17.8 Å². The molecule has 6 rings (SSSR count). The Labute approximate surface area is 223 Å². The summed E-state index contributed by atoms with van der Waals surface area (Å²) in [5, 5.41) is 4.90. The number of aromatic nitrogens is 1. The number of fused-ring (bicyclic) bond motifs is 6. The molecule has 3 aliphatic rings. The number of benzene rings is 2. The van der Waals surface area contributed by atoms with E-state index in [0.29, 0.717) is 45.2 Å². The quantitative estimate of drug-likeness (QED) is 0.422. The number of carbonyl (C=O) groups is 1. The number of thiazole rings is 1. The van der Waals surface area contributed by atoms with E-state index in [1.807, 2.05) is 17.8 Å². The van der Waals surface area contributed by atoms with Crippen LogP contribution in [0.2, 0.25) is 5.02 Å². The molecule has 5 atom stereocenters. The molecule has 1 aliphatic heterocycles. The number of carbonyl (C=O) groups excluding carboxylic acids is 1. The zero-order chi connectivity index (χ0) is 25.0. The largest absolute Gasteiger partial charge is 0.493 e. The lowest BCUT2D eigenvalue weighted by molar-refractivity contribution is -0.116. The maximum Gasteiger partial charge on any atom is 0.308 e. The van der Waals surface area contributed by atoms with Crippen molar-refractivity contribution in [3.63, 3.8) is 0 Å². The Hall–Kier alpha value is -2.42. The number of nitrogens with one attached hydrogen (secondary N) is 1. The van der Waals surface area contributed by atoms with Gasteiger partial charge >= 0.3 is 4.87 Å². The molecule has 1 amide bonds. The van der Waals surface area contributed by atoms with Gasteiger partial charge in [-0.2, -0.15) is 0 Å². The number of methoxy groups -OCH3 is 2. The summed E-state index contributed by atoms with van der Waals surface area (Å²) in [5.74, 6) is 3.08. The Bertz CT molecular complexity index is 1370. The standard InChI is InChI=1S/C27H27ClN2O4S2/c1-33-19-10-5-15(12-20(19)34-2)23-22-14-3-4-16(11-14)24(22)35-26-25(23)36-27(32)30(26)13-21(31)29-18-8-6-17(28)7-9-18/h5-10,12,14,16,22-24H,3-4,11,13H2,1-2H3,(H,29,31). The van der Waals surface area contributed by atoms with E-state index in [1.165, 1.54) is 30.6 Å². The number of rotatable bonds is 6. The molecule has 2 aromatic carbocycles. The minimum absolute atomic E-state index is 0.00950. The maximum absolute atomic E-state index is 13.3. The van der Waals surface area contributed by atoms with Gasteiger partial charge in [0.1, 0.15) is 6.54 Å². The zero-order valence-corrected chi connectivity index (χ0v) is 22.4. The lowest BCUT2D eigenvalue weighted by atomic mass is 9.75. The van der Waals surface area contributed by atoms with Crippen molar-refractivity contribution in [3.8, 4) is 11.5 Å². The number of nitrogens with zero attached hydrogens (tertiary/aromatic N) is 1. The van der Waals surface area contributed by atoms with Crippen molar-refractivity contribution in [1.82, 2.24) is 4.57 Å². The SMILES string of the molecule is COc1ccc(C2c3sc(=O)n(CC(=O)Nc4ccc(Cl)cc4)c3SC3C4CCC(C4)C23)cc1OC. The van der Waals surface area contributed by atoms with Gasteiger partial charge in [-0.15, -0.1) is 11.8 Å². The molecule has 0 radical (unpaired) electrons. The fraction of sp³-hybridized carbons (Fsp3) is 0.407. The third-order valence-corrected chi connectivity index (χ3v) is 11.0. The van der Waals surface area contributed by atoms with E-state index in [4.69, 9.17) is 21.1 Å². The summed E-state index contributed by atoms with van der Waals surface area (Å²) >= 11 is 9.07. The van der Waals surface area contributed by atoms with Crippen LogP contribution in [0.25, 0.3) is 0 Å². The molecule has 3 aromatic rings. The van der Waals surface area contributed by atoms with Gasteiger partial charge in [-0.05, 0) is 79.0 Å². The van der Waals surface area contributed by atoms with E-state index in [-0.39, 0.29) is 23.2 Å². The molecule has 6 nitrogen and oxygen atoms in total. The van der Waals surface area contributed by atoms with Crippen LogP contribution in [0.15, 0.2) is 52.3 Å². The number of ether oxygens (including phenoxy) is 2. The average molecular weight is 543 g/mol. The first-order valence-electron chi connectivity index (χ1n) is 12.1. The van der Waals surface area contributed by atoms with E-state index in [9.17, 15) is 9.59 Å². The fourth-order valence-electron chi connectivity index (χ4n) is 6.38. The lowest BCUT2D eigenvalue weighted by Gasteiger charge is -2.40. The van der Waals surface area contributed by atoms with Gasteiger partial charge in [0, 0.05) is 26.8 Å². The molecule has 36 heavy (non-hydrogen) atoms. The molecule has 5 unspecified atom stereocenters. The van der Waals surface area contributed by atoms with Gasteiger partial charge in [0.2, 0.25) is 5.91 Å². The Morgan fingerprint density at radius 3 is 2.58 bits per heavy atom. The smallest absolute Gasteiger partial charge is 0.308 e. The monoisotopic (exact) mass is 542 g/mol. The summed E-state index contributed by atoms with van der Waals surface area (Å²) in [5.41, 5.74) is 1.81. The normalized spacial score (nSPS) is 25.8. The van der Waals surface area contributed by atoms with Crippen molar-refractivity contribution in [2.75, 3.05) is 19.5 Å². The summed E-state index contributed by atoms with van der Waals surface area (Å²) < 4.78 is 12.8. The van der Waals surface area contributed by atoms with Crippen LogP contribution in [-0.4, -0.2) is 29.9 Å². The van der Waals surface area contributed by atoms with Gasteiger partial charge in [-0.1, -0.05) is 29.0 Å². The van der Waals surface area contributed by atoms with Crippen molar-refractivity contribution < 1.29 is 14.3 Å². The van der Waals surface area contributed by atoms with E-state index >= 15 is 0 Å². The number of halogens is 1. The number of anilines is 1. The van der Waals surface area contributed by atoms with Gasteiger partial charge in [-0.3, -0.25) is 14.2 Å². The fourth-order valence-corrected chi connectivity index (χ4v) is 9.66. The Balaban J connectivity index is 1.38. The van der Waals surface area contributed by atoms with Crippen molar-refractivity contribution in [1.29, 1.82) is 0 Å². The van der Waals surface area contributed by atoms with Crippen LogP contribution >= 0.6 is 34.7 Å². The second-order valence-corrected chi connectivity index (χ2v) is 12.4. The van der Waals surface area contributed by atoms with E-state index in [1.54, 1.807) is 43.1 Å². The van der Waals surface area contributed by atoms with Crippen molar-refractivity contribution in [3.05, 3.63) is 67.6 Å². The number of hydrogen-bond donors (Lipinski definition) is 1. The highest BCUT2D eigenvalue weighted by molar-refractivity contribution is 8.00. The summed E-state index contributed by atoms with van der Waals surface area (Å²) in [7, 11) is 3.29. The van der Waals surface area contributed by atoms with E-state index in [2.05, 4.69) is 17.4 Å². The van der Waals surface area contributed by atoms with E-state index < -0.39 is 0 Å². The Kier molecular flexibility index (Phi) is 6.30. The minimum Gasteiger partial charge on any atom is -0.493 e. The molecule has 0 saturated heterocycles. The average Bonchev–Trinajstić information content (AvgIpc) is 3.58. The van der Waals surface area contributed by atoms with Gasteiger partial charge < -0.3 is 14.8 Å². The highest BCUT2D eigenvalue weighted by Crippen LogP contribution is 2.64. The molecule has 2 fully saturated rings.